The molecule has 0 unspecified atom stereocenters. The summed E-state index contributed by atoms with van der Waals surface area (Å²) in [7, 11) is 6.22. The van der Waals surface area contributed by atoms with Crippen molar-refractivity contribution in [2.75, 3.05) is 32.1 Å². The minimum absolute atomic E-state index is 0.345. The summed E-state index contributed by atoms with van der Waals surface area (Å²) in [6.07, 6.45) is 7.43. The zero-order valence-electron chi connectivity index (χ0n) is 14.4. The van der Waals surface area contributed by atoms with Crippen molar-refractivity contribution < 1.29 is 0 Å². The Hall–Kier alpha value is -2.46. The van der Waals surface area contributed by atoms with E-state index in [1.54, 1.807) is 6.20 Å². The average molecular weight is 325 g/mol. The van der Waals surface area contributed by atoms with Crippen LogP contribution in [0.1, 0.15) is 30.3 Å². The maximum Gasteiger partial charge on any atom is 0.158 e. The monoisotopic (exact) mass is 325 g/mol. The molecule has 1 aliphatic rings. The van der Waals surface area contributed by atoms with Crippen LogP contribution < -0.4 is 4.90 Å². The lowest BCUT2D eigenvalue weighted by Gasteiger charge is -2.40. The molecule has 24 heavy (non-hydrogen) atoms. The minimum Gasteiger partial charge on any atom is -0.358 e. The Bertz CT molecular complexity index is 715. The topological polar surface area (TPSA) is 73.9 Å². The van der Waals surface area contributed by atoms with E-state index in [1.165, 1.54) is 24.7 Å². The number of aryl methyl sites for hydroxylation is 1. The molecule has 3 rings (SSSR count). The highest BCUT2D eigenvalue weighted by atomic mass is 15.3. The standard InChI is InChI=1S/C17H23N7/c1-22-8-4-5-13(17(22)15-6-7-21-24(15)3)12-23(2)16-11-19-14(9-18)10-20-16/h6-7,10-11,13,17H,4-5,8,12H2,1-3H3/t13-,17+/m0/s1. The third-order valence-corrected chi connectivity index (χ3v) is 4.82. The van der Waals surface area contributed by atoms with Crippen LogP contribution in [0.3, 0.4) is 0 Å². The third-order valence-electron chi connectivity index (χ3n) is 4.82. The SMILES string of the molecule is CN(C[C@@H]1CCCN(C)[C@H]1c1ccnn1C)c1cnc(C#N)cn1. The number of anilines is 1. The highest BCUT2D eigenvalue weighted by molar-refractivity contribution is 5.36. The number of aromatic nitrogens is 4. The van der Waals surface area contributed by atoms with Crippen LogP contribution in [-0.4, -0.2) is 51.8 Å². The normalized spacial score (nSPS) is 21.4. The first-order valence-corrected chi connectivity index (χ1v) is 8.21. The van der Waals surface area contributed by atoms with Gasteiger partial charge < -0.3 is 4.90 Å². The van der Waals surface area contributed by atoms with Crippen molar-refractivity contribution in [3.8, 4) is 6.07 Å². The van der Waals surface area contributed by atoms with Gasteiger partial charge in [-0.3, -0.25) is 9.58 Å². The average Bonchev–Trinajstić information content (AvgIpc) is 3.01. The van der Waals surface area contributed by atoms with Crippen molar-refractivity contribution in [1.82, 2.24) is 24.6 Å². The maximum absolute atomic E-state index is 8.84. The Morgan fingerprint density at radius 3 is 2.79 bits per heavy atom. The van der Waals surface area contributed by atoms with Gasteiger partial charge in [-0.05, 0) is 38.4 Å². The molecule has 2 aromatic heterocycles. The molecule has 0 amide bonds. The van der Waals surface area contributed by atoms with E-state index in [-0.39, 0.29) is 0 Å². The lowest BCUT2D eigenvalue weighted by molar-refractivity contribution is 0.118. The van der Waals surface area contributed by atoms with Gasteiger partial charge in [0.15, 0.2) is 5.69 Å². The molecule has 1 aliphatic heterocycles. The summed E-state index contributed by atoms with van der Waals surface area (Å²) in [5, 5.41) is 13.2. The molecular formula is C17H23N7. The number of hydrogen-bond donors (Lipinski definition) is 0. The number of hydrogen-bond acceptors (Lipinski definition) is 6. The summed E-state index contributed by atoms with van der Waals surface area (Å²) < 4.78 is 1.97. The highest BCUT2D eigenvalue weighted by Crippen LogP contribution is 2.35. The second kappa shape index (κ2) is 6.97. The van der Waals surface area contributed by atoms with E-state index in [0.29, 0.717) is 17.7 Å². The summed E-state index contributed by atoms with van der Waals surface area (Å²) in [6, 6.07) is 4.46. The first-order chi connectivity index (χ1) is 11.6. The van der Waals surface area contributed by atoms with Crippen LogP contribution >= 0.6 is 0 Å². The van der Waals surface area contributed by atoms with E-state index in [0.717, 1.165) is 18.9 Å². The third kappa shape index (κ3) is 3.24. The van der Waals surface area contributed by atoms with E-state index < -0.39 is 0 Å². The van der Waals surface area contributed by atoms with Crippen LogP contribution in [0.5, 0.6) is 0 Å². The van der Waals surface area contributed by atoms with E-state index in [1.807, 2.05) is 31.0 Å². The molecular weight excluding hydrogens is 302 g/mol. The molecule has 2 atom stereocenters. The predicted octanol–water partition coefficient (Wildman–Crippen LogP) is 1.60. The fourth-order valence-corrected chi connectivity index (χ4v) is 3.61. The number of nitriles is 1. The zero-order valence-corrected chi connectivity index (χ0v) is 14.4. The molecule has 0 saturated carbocycles. The molecule has 0 N–H and O–H groups in total. The Labute approximate surface area is 142 Å². The molecule has 0 bridgehead atoms. The van der Waals surface area contributed by atoms with E-state index in [2.05, 4.69) is 38.0 Å². The molecule has 0 aromatic carbocycles. The first-order valence-electron chi connectivity index (χ1n) is 8.21. The molecule has 0 aliphatic carbocycles. The van der Waals surface area contributed by atoms with Crippen LogP contribution in [0, 0.1) is 17.2 Å². The van der Waals surface area contributed by atoms with Crippen LogP contribution in [0.15, 0.2) is 24.7 Å². The Balaban J connectivity index is 1.78. The lowest BCUT2D eigenvalue weighted by atomic mass is 9.87. The quantitative estimate of drug-likeness (QED) is 0.850. The van der Waals surface area contributed by atoms with Crippen LogP contribution in [0.25, 0.3) is 0 Å². The highest BCUT2D eigenvalue weighted by Gasteiger charge is 2.33. The molecule has 7 nitrogen and oxygen atoms in total. The van der Waals surface area contributed by atoms with Gasteiger partial charge in [0.1, 0.15) is 11.9 Å². The van der Waals surface area contributed by atoms with Crippen LogP contribution in [0.2, 0.25) is 0 Å². The van der Waals surface area contributed by atoms with Crippen molar-refractivity contribution in [3.63, 3.8) is 0 Å². The molecule has 0 spiro atoms. The van der Waals surface area contributed by atoms with Gasteiger partial charge >= 0.3 is 0 Å². The molecule has 7 heteroatoms. The summed E-state index contributed by atoms with van der Waals surface area (Å²) >= 11 is 0. The van der Waals surface area contributed by atoms with Crippen LogP contribution in [0.4, 0.5) is 5.82 Å². The van der Waals surface area contributed by atoms with Gasteiger partial charge in [-0.1, -0.05) is 0 Å². The van der Waals surface area contributed by atoms with E-state index >= 15 is 0 Å². The van der Waals surface area contributed by atoms with Crippen LogP contribution in [-0.2, 0) is 7.05 Å². The molecule has 1 fully saturated rings. The maximum atomic E-state index is 8.84. The summed E-state index contributed by atoms with van der Waals surface area (Å²) in [4.78, 5) is 13.0. The first kappa shape index (κ1) is 16.4. The fourth-order valence-electron chi connectivity index (χ4n) is 3.61. The molecule has 2 aromatic rings. The van der Waals surface area contributed by atoms with Gasteiger partial charge in [-0.15, -0.1) is 0 Å². The molecule has 126 valence electrons. The van der Waals surface area contributed by atoms with Gasteiger partial charge in [0, 0.05) is 26.8 Å². The second-order valence-electron chi connectivity index (χ2n) is 6.46. The van der Waals surface area contributed by atoms with Crippen molar-refractivity contribution in [2.45, 2.75) is 18.9 Å². The van der Waals surface area contributed by atoms with E-state index in [9.17, 15) is 0 Å². The number of likely N-dealkylation sites (tertiary alicyclic amines) is 1. The number of piperidine rings is 1. The summed E-state index contributed by atoms with van der Waals surface area (Å²) in [5.74, 6) is 1.28. The predicted molar refractivity (Wildman–Crippen MR) is 91.3 cm³/mol. The Kier molecular flexibility index (Phi) is 4.76. The van der Waals surface area contributed by atoms with E-state index in [4.69, 9.17) is 5.26 Å². The van der Waals surface area contributed by atoms with Gasteiger partial charge in [0.05, 0.1) is 24.1 Å². The van der Waals surface area contributed by atoms with Crippen molar-refractivity contribution in [2.24, 2.45) is 13.0 Å². The largest absolute Gasteiger partial charge is 0.358 e. The summed E-state index contributed by atoms with van der Waals surface area (Å²) in [6.45, 7) is 1.99. The van der Waals surface area contributed by atoms with Gasteiger partial charge in [0.2, 0.25) is 0 Å². The smallest absolute Gasteiger partial charge is 0.158 e. The zero-order chi connectivity index (χ0) is 17.1. The van der Waals surface area contributed by atoms with Gasteiger partial charge in [-0.2, -0.15) is 10.4 Å². The minimum atomic E-state index is 0.345. The van der Waals surface area contributed by atoms with Gasteiger partial charge in [0.25, 0.3) is 0 Å². The Morgan fingerprint density at radius 2 is 2.17 bits per heavy atom. The number of rotatable bonds is 4. The molecule has 0 radical (unpaired) electrons. The van der Waals surface area contributed by atoms with Crippen molar-refractivity contribution >= 4 is 5.82 Å². The number of nitrogens with zero attached hydrogens (tertiary/aromatic N) is 7. The molecule has 3 heterocycles. The van der Waals surface area contributed by atoms with Crippen molar-refractivity contribution in [3.05, 3.63) is 36.0 Å². The Morgan fingerprint density at radius 1 is 1.33 bits per heavy atom. The molecule has 1 saturated heterocycles. The second-order valence-corrected chi connectivity index (χ2v) is 6.46. The van der Waals surface area contributed by atoms with Crippen molar-refractivity contribution in [1.29, 1.82) is 5.26 Å². The fraction of sp³-hybridized carbons (Fsp3) is 0.529. The van der Waals surface area contributed by atoms with Gasteiger partial charge in [-0.25, -0.2) is 9.97 Å². The summed E-state index contributed by atoms with van der Waals surface area (Å²) in [5.41, 5.74) is 1.60. The lowest BCUT2D eigenvalue weighted by Crippen LogP contribution is -2.42.